The third-order valence-electron chi connectivity index (χ3n) is 4.36. The molecule has 3 rings (SSSR count). The standard InChI is InChI=1S/C17H24N2O2/c1-17(2,16(20)19-10-8-18-9-11-19)21-15-7-6-13-4-3-5-14(13)12-15/h6-7,12,18H,3-5,8-11H2,1-2H3. The Labute approximate surface area is 126 Å². The normalized spacial score (nSPS) is 18.5. The molecular weight excluding hydrogens is 264 g/mol. The molecule has 1 aromatic carbocycles. The van der Waals surface area contributed by atoms with Crippen LogP contribution in [0.4, 0.5) is 0 Å². The van der Waals surface area contributed by atoms with E-state index < -0.39 is 5.60 Å². The Morgan fingerprint density at radius 1 is 1.19 bits per heavy atom. The Balaban J connectivity index is 1.71. The highest BCUT2D eigenvalue weighted by molar-refractivity contribution is 5.85. The molecule has 1 amide bonds. The zero-order valence-electron chi connectivity index (χ0n) is 12.9. The van der Waals surface area contributed by atoms with Crippen LogP contribution in [0.1, 0.15) is 31.4 Å². The summed E-state index contributed by atoms with van der Waals surface area (Å²) in [6, 6.07) is 6.25. The predicted octanol–water partition coefficient (Wildman–Crippen LogP) is 1.76. The Morgan fingerprint density at radius 2 is 1.90 bits per heavy atom. The molecule has 0 bridgehead atoms. The molecule has 0 atom stereocenters. The molecule has 4 heteroatoms. The minimum Gasteiger partial charge on any atom is -0.478 e. The number of amides is 1. The SMILES string of the molecule is CC(C)(Oc1ccc2c(c1)CCC2)C(=O)N1CCNCC1. The molecule has 0 unspecified atom stereocenters. The number of piperazine rings is 1. The molecule has 21 heavy (non-hydrogen) atoms. The number of hydrogen-bond donors (Lipinski definition) is 1. The fraction of sp³-hybridized carbons (Fsp3) is 0.588. The molecule has 1 aliphatic heterocycles. The van der Waals surface area contributed by atoms with Crippen molar-refractivity contribution < 1.29 is 9.53 Å². The number of hydrogen-bond acceptors (Lipinski definition) is 3. The van der Waals surface area contributed by atoms with Crippen molar-refractivity contribution >= 4 is 5.91 Å². The summed E-state index contributed by atoms with van der Waals surface area (Å²) in [7, 11) is 0. The van der Waals surface area contributed by atoms with Crippen LogP contribution < -0.4 is 10.1 Å². The van der Waals surface area contributed by atoms with Crippen LogP contribution in [0.15, 0.2) is 18.2 Å². The number of rotatable bonds is 3. The van der Waals surface area contributed by atoms with Crippen LogP contribution in [0.5, 0.6) is 5.75 Å². The van der Waals surface area contributed by atoms with Crippen molar-refractivity contribution in [1.82, 2.24) is 10.2 Å². The largest absolute Gasteiger partial charge is 0.478 e. The summed E-state index contributed by atoms with van der Waals surface area (Å²) in [4.78, 5) is 14.5. The van der Waals surface area contributed by atoms with Gasteiger partial charge in [0.1, 0.15) is 5.75 Å². The van der Waals surface area contributed by atoms with Gasteiger partial charge in [0.15, 0.2) is 5.60 Å². The van der Waals surface area contributed by atoms with E-state index in [0.717, 1.165) is 38.3 Å². The van der Waals surface area contributed by atoms with Crippen molar-refractivity contribution in [3.8, 4) is 5.75 Å². The first-order valence-corrected chi connectivity index (χ1v) is 7.87. The van der Waals surface area contributed by atoms with E-state index in [1.807, 2.05) is 24.8 Å². The third-order valence-corrected chi connectivity index (χ3v) is 4.36. The van der Waals surface area contributed by atoms with Crippen LogP contribution in [0.3, 0.4) is 0 Å². The molecule has 0 aromatic heterocycles. The van der Waals surface area contributed by atoms with Gasteiger partial charge in [0.25, 0.3) is 5.91 Å². The van der Waals surface area contributed by atoms with Crippen molar-refractivity contribution in [3.63, 3.8) is 0 Å². The van der Waals surface area contributed by atoms with Crippen molar-refractivity contribution in [1.29, 1.82) is 0 Å². The number of benzene rings is 1. The van der Waals surface area contributed by atoms with Crippen molar-refractivity contribution in [2.24, 2.45) is 0 Å². The van der Waals surface area contributed by atoms with Gasteiger partial charge in [-0.15, -0.1) is 0 Å². The highest BCUT2D eigenvalue weighted by Crippen LogP contribution is 2.28. The number of fused-ring (bicyclic) bond motifs is 1. The summed E-state index contributed by atoms with van der Waals surface area (Å²) < 4.78 is 6.03. The number of aryl methyl sites for hydroxylation is 2. The van der Waals surface area contributed by atoms with Crippen LogP contribution in [0, 0.1) is 0 Å². The maximum Gasteiger partial charge on any atom is 0.266 e. The van der Waals surface area contributed by atoms with Gasteiger partial charge in [-0.3, -0.25) is 4.79 Å². The fourth-order valence-electron chi connectivity index (χ4n) is 3.20. The second kappa shape index (κ2) is 5.68. The first kappa shape index (κ1) is 14.4. The van der Waals surface area contributed by atoms with E-state index in [9.17, 15) is 4.79 Å². The molecule has 1 fully saturated rings. The van der Waals surface area contributed by atoms with E-state index in [2.05, 4.69) is 17.4 Å². The monoisotopic (exact) mass is 288 g/mol. The van der Waals surface area contributed by atoms with Gasteiger partial charge in [0.2, 0.25) is 0 Å². The summed E-state index contributed by atoms with van der Waals surface area (Å²) in [5.41, 5.74) is 1.98. The van der Waals surface area contributed by atoms with Gasteiger partial charge in [0.05, 0.1) is 0 Å². The molecule has 0 saturated carbocycles. The first-order valence-electron chi connectivity index (χ1n) is 7.87. The summed E-state index contributed by atoms with van der Waals surface area (Å²) >= 11 is 0. The number of nitrogens with zero attached hydrogens (tertiary/aromatic N) is 1. The van der Waals surface area contributed by atoms with Crippen LogP contribution >= 0.6 is 0 Å². The lowest BCUT2D eigenvalue weighted by Crippen LogP contribution is -2.54. The quantitative estimate of drug-likeness (QED) is 0.921. The minimum absolute atomic E-state index is 0.0736. The Hall–Kier alpha value is -1.55. The van der Waals surface area contributed by atoms with Gasteiger partial charge < -0.3 is 15.0 Å². The van der Waals surface area contributed by atoms with Gasteiger partial charge >= 0.3 is 0 Å². The molecule has 1 heterocycles. The summed E-state index contributed by atoms with van der Waals surface area (Å²) in [5, 5.41) is 3.26. The van der Waals surface area contributed by atoms with Gasteiger partial charge in [-0.1, -0.05) is 6.07 Å². The van der Waals surface area contributed by atoms with Gasteiger partial charge in [-0.05, 0) is 56.4 Å². The van der Waals surface area contributed by atoms with E-state index in [4.69, 9.17) is 4.74 Å². The summed E-state index contributed by atoms with van der Waals surface area (Å²) in [6.45, 7) is 6.97. The predicted molar refractivity (Wildman–Crippen MR) is 82.6 cm³/mol. The van der Waals surface area contributed by atoms with Crippen molar-refractivity contribution in [2.75, 3.05) is 26.2 Å². The molecule has 4 nitrogen and oxygen atoms in total. The maximum atomic E-state index is 12.6. The molecule has 1 aromatic rings. The molecule has 2 aliphatic rings. The smallest absolute Gasteiger partial charge is 0.266 e. The van der Waals surface area contributed by atoms with Crippen molar-refractivity contribution in [3.05, 3.63) is 29.3 Å². The fourth-order valence-corrected chi connectivity index (χ4v) is 3.20. The van der Waals surface area contributed by atoms with E-state index in [-0.39, 0.29) is 5.91 Å². The second-order valence-electron chi connectivity index (χ2n) is 6.44. The van der Waals surface area contributed by atoms with E-state index in [1.54, 1.807) is 0 Å². The molecular formula is C17H24N2O2. The van der Waals surface area contributed by atoms with Crippen LogP contribution in [-0.2, 0) is 17.6 Å². The minimum atomic E-state index is -0.815. The molecule has 114 valence electrons. The van der Waals surface area contributed by atoms with Gasteiger partial charge in [0, 0.05) is 26.2 Å². The van der Waals surface area contributed by atoms with E-state index in [1.165, 1.54) is 24.0 Å². The Bertz CT molecular complexity index is 534. The lowest BCUT2D eigenvalue weighted by Gasteiger charge is -2.34. The number of carbonyl (C=O) groups is 1. The average molecular weight is 288 g/mol. The summed E-state index contributed by atoms with van der Waals surface area (Å²) in [5.74, 6) is 0.883. The lowest BCUT2D eigenvalue weighted by atomic mass is 10.1. The molecule has 1 saturated heterocycles. The first-order chi connectivity index (χ1) is 10.1. The maximum absolute atomic E-state index is 12.6. The highest BCUT2D eigenvalue weighted by Gasteiger charge is 2.34. The van der Waals surface area contributed by atoms with Crippen molar-refractivity contribution in [2.45, 2.75) is 38.7 Å². The number of ether oxygens (including phenoxy) is 1. The Kier molecular flexibility index (Phi) is 3.89. The second-order valence-corrected chi connectivity index (χ2v) is 6.44. The number of carbonyl (C=O) groups excluding carboxylic acids is 1. The van der Waals surface area contributed by atoms with Crippen LogP contribution in [0.2, 0.25) is 0 Å². The molecule has 0 radical (unpaired) electrons. The molecule has 1 aliphatic carbocycles. The van der Waals surface area contributed by atoms with E-state index in [0.29, 0.717) is 0 Å². The number of nitrogens with one attached hydrogen (secondary N) is 1. The van der Waals surface area contributed by atoms with Gasteiger partial charge in [-0.2, -0.15) is 0 Å². The van der Waals surface area contributed by atoms with Gasteiger partial charge in [-0.25, -0.2) is 0 Å². The Morgan fingerprint density at radius 3 is 2.67 bits per heavy atom. The van der Waals surface area contributed by atoms with Crippen LogP contribution in [-0.4, -0.2) is 42.6 Å². The molecule has 1 N–H and O–H groups in total. The summed E-state index contributed by atoms with van der Waals surface area (Å²) in [6.07, 6.45) is 3.51. The topological polar surface area (TPSA) is 41.6 Å². The third kappa shape index (κ3) is 3.05. The van der Waals surface area contributed by atoms with E-state index >= 15 is 0 Å². The average Bonchev–Trinajstić information content (AvgIpc) is 2.94. The van der Waals surface area contributed by atoms with Crippen LogP contribution in [0.25, 0.3) is 0 Å². The zero-order valence-corrected chi connectivity index (χ0v) is 12.9. The highest BCUT2D eigenvalue weighted by atomic mass is 16.5. The molecule has 0 spiro atoms. The lowest BCUT2D eigenvalue weighted by molar-refractivity contribution is -0.146. The zero-order chi connectivity index (χ0) is 14.9.